The summed E-state index contributed by atoms with van der Waals surface area (Å²) in [5.74, 6) is -6.79. The average molecular weight is 1820 g/mol. The maximum absolute atomic E-state index is 14.8. The van der Waals surface area contributed by atoms with E-state index in [0.717, 1.165) is 39.1 Å². The first-order valence-corrected chi connectivity index (χ1v) is 46.4. The van der Waals surface area contributed by atoms with E-state index in [-0.39, 0.29) is 112 Å². The molecular formula is C96H128N18O18. The summed E-state index contributed by atoms with van der Waals surface area (Å²) in [5.41, 5.74) is 22.2. The number of nitrogens with one attached hydrogen (secondary N) is 1. The van der Waals surface area contributed by atoms with Crippen molar-refractivity contribution in [2.45, 2.75) is 225 Å². The van der Waals surface area contributed by atoms with Crippen molar-refractivity contribution in [1.29, 1.82) is 0 Å². The fourth-order valence-electron chi connectivity index (χ4n) is 19.3. The number of nitrogen functional groups attached to an aromatic ring is 2. The van der Waals surface area contributed by atoms with Crippen LogP contribution >= 0.6 is 0 Å². The number of piperidine rings is 1. The molecule has 2 aromatic carbocycles. The van der Waals surface area contributed by atoms with E-state index in [2.05, 4.69) is 59.3 Å². The number of Topliss-reactive ketones (excluding diaryl/α,β-unsaturated/α-hetero) is 1. The van der Waals surface area contributed by atoms with E-state index in [9.17, 15) is 49.2 Å². The number of amides is 4. The molecule has 14 rings (SSSR count). The number of carbonyl (C=O) groups is 6. The predicted molar refractivity (Wildman–Crippen MR) is 492 cm³/mol. The molecule has 4 fully saturated rings. The number of aromatic nitrogens is 9. The quantitative estimate of drug-likeness (QED) is 0.0117. The molecule has 1 aliphatic carbocycles. The number of rotatable bonds is 21. The zero-order valence-corrected chi connectivity index (χ0v) is 77.3. The van der Waals surface area contributed by atoms with Gasteiger partial charge in [0, 0.05) is 154 Å². The minimum atomic E-state index is -2.47. The fraction of sp³-hybridized carbons (Fsp3) is 0.573. The highest BCUT2D eigenvalue weighted by Crippen LogP contribution is 2.40. The number of nitrogens with zero attached hydrogens (tertiary/aromatic N) is 15. The molecule has 3 saturated heterocycles. The minimum absolute atomic E-state index is 0.0177. The SMILES string of the molecule is CO[C@H]1C[C@@H]2CC[C@@H](C)[C@@](O)(O2)C(=O)C(=O)N2CCCC[C@H]2C(=O)O[C@H]([C@H](C)C[C@@H]2CC[C@@H](O)[C@H](OC)C2)C[C@@H](O)[C@H](C)/C=C(\C)[C@@H](O)[C@@H](OC)/C(=N/OCC(=O)N2CCc3nc(N4CCN(c5ncc(C(=O)NCCOCCC(=O)N6CCc7cc(Cn8nc(-c9ccc%10oc(N)nc%10c9)c9c(N)ncnc98)ccc7C6)cn5)CC4)ncc3C2)[C@H](C)C[C@H](C)/C=C/C=CC=C1C. The van der Waals surface area contributed by atoms with Crippen LogP contribution in [0.2, 0.25) is 0 Å². The smallest absolute Gasteiger partial charge is 0.329 e. The molecule has 0 unspecified atom stereocenters. The number of piperazine rings is 1. The van der Waals surface area contributed by atoms with Gasteiger partial charge in [-0.05, 0) is 148 Å². The van der Waals surface area contributed by atoms with Crippen LogP contribution < -0.4 is 26.6 Å². The Morgan fingerprint density at radius 1 is 0.735 bits per heavy atom. The number of methoxy groups -OCH3 is 3. The molecule has 16 atom stereocenters. The number of benzene rings is 2. The second-order valence-electron chi connectivity index (χ2n) is 36.6. The van der Waals surface area contributed by atoms with Crippen LogP contribution in [0, 0.1) is 35.5 Å². The molecule has 0 radical (unpaired) electrons. The summed E-state index contributed by atoms with van der Waals surface area (Å²) in [6.07, 6.45) is 17.7. The predicted octanol–water partition coefficient (Wildman–Crippen LogP) is 8.15. The number of allylic oxidation sites excluding steroid dienone is 5. The van der Waals surface area contributed by atoms with Crippen LogP contribution in [0.5, 0.6) is 0 Å². The molecule has 11 heterocycles. The normalized spacial score (nSPS) is 27.8. The van der Waals surface area contributed by atoms with Crippen LogP contribution in [0.15, 0.2) is 118 Å². The second kappa shape index (κ2) is 44.2. The summed E-state index contributed by atoms with van der Waals surface area (Å²) in [6, 6.07) is 10.7. The van der Waals surface area contributed by atoms with Crippen LogP contribution in [0.1, 0.15) is 170 Å². The number of aliphatic hydroxyl groups is 4. The highest BCUT2D eigenvalue weighted by atomic mass is 16.6. The number of cyclic esters (lactones) is 1. The Morgan fingerprint density at radius 3 is 2.27 bits per heavy atom. The van der Waals surface area contributed by atoms with E-state index in [1.807, 2.05) is 83.8 Å². The molecule has 36 nitrogen and oxygen atoms in total. The van der Waals surface area contributed by atoms with E-state index < -0.39 is 90.7 Å². The van der Waals surface area contributed by atoms with E-state index in [1.54, 1.807) is 58.2 Å². The number of carbonyl (C=O) groups excluding carboxylic acids is 6. The monoisotopic (exact) mass is 1820 g/mol. The first-order valence-electron chi connectivity index (χ1n) is 46.4. The maximum atomic E-state index is 14.8. The average Bonchev–Trinajstić information content (AvgIpc) is 1.60. The minimum Gasteiger partial charge on any atom is -0.460 e. The van der Waals surface area contributed by atoms with Gasteiger partial charge in [-0.1, -0.05) is 94.4 Å². The van der Waals surface area contributed by atoms with Crippen molar-refractivity contribution in [2.75, 3.05) is 115 Å². The lowest BCUT2D eigenvalue weighted by Gasteiger charge is -2.43. The summed E-state index contributed by atoms with van der Waals surface area (Å²) in [4.78, 5) is 132. The summed E-state index contributed by atoms with van der Waals surface area (Å²) in [6.45, 7) is 17.7. The third-order valence-electron chi connectivity index (χ3n) is 27.3. The first kappa shape index (κ1) is 96.9. The van der Waals surface area contributed by atoms with Crippen LogP contribution in [0.3, 0.4) is 0 Å². The number of esters is 1. The highest BCUT2D eigenvalue weighted by Gasteiger charge is 2.53. The summed E-state index contributed by atoms with van der Waals surface area (Å²) in [5, 5.41) is 60.7. The van der Waals surface area contributed by atoms with Gasteiger partial charge in [0.15, 0.2) is 17.8 Å². The summed E-state index contributed by atoms with van der Waals surface area (Å²) < 4.78 is 43.6. The van der Waals surface area contributed by atoms with Gasteiger partial charge < -0.3 is 99.4 Å². The largest absolute Gasteiger partial charge is 0.460 e. The van der Waals surface area contributed by atoms with Gasteiger partial charge in [-0.2, -0.15) is 10.1 Å². The molecule has 6 aliphatic heterocycles. The van der Waals surface area contributed by atoms with Gasteiger partial charge in [-0.3, -0.25) is 24.0 Å². The maximum Gasteiger partial charge on any atom is 0.329 e. The van der Waals surface area contributed by atoms with Crippen molar-refractivity contribution >= 4 is 87.0 Å². The molecule has 7 aromatic rings. The Hall–Kier alpha value is -11.1. The Balaban J connectivity index is 0.555. The second-order valence-corrected chi connectivity index (χ2v) is 36.6. The lowest BCUT2D eigenvalue weighted by molar-refractivity contribution is -0.265. The van der Waals surface area contributed by atoms with Crippen LogP contribution in [-0.2, 0) is 89.7 Å². The van der Waals surface area contributed by atoms with E-state index in [4.69, 9.17) is 64.2 Å². The molecule has 2 bridgehead atoms. The Bertz CT molecular complexity index is 5380. The van der Waals surface area contributed by atoms with E-state index in [0.29, 0.717) is 185 Å². The van der Waals surface area contributed by atoms with Gasteiger partial charge in [0.05, 0.1) is 79.1 Å². The number of hydrogen-bond acceptors (Lipinski definition) is 31. The number of hydrogen-bond donors (Lipinski definition) is 7. The third-order valence-corrected chi connectivity index (χ3v) is 27.3. The van der Waals surface area contributed by atoms with Gasteiger partial charge in [0.25, 0.3) is 29.5 Å². The first-order chi connectivity index (χ1) is 63.5. The number of fused-ring (bicyclic) bond motifs is 7. The molecule has 7 aliphatic rings. The third kappa shape index (κ3) is 23.2. The van der Waals surface area contributed by atoms with Crippen molar-refractivity contribution < 1.29 is 86.9 Å². The molecule has 5 aromatic heterocycles. The summed E-state index contributed by atoms with van der Waals surface area (Å²) >= 11 is 0. The van der Waals surface area contributed by atoms with Gasteiger partial charge in [-0.15, -0.1) is 0 Å². The van der Waals surface area contributed by atoms with Gasteiger partial charge in [0.2, 0.25) is 23.6 Å². The standard InChI is InChI=1S/C96H128N18O18/c1-56-16-12-11-13-17-57(2)77(125-8)46-70-24-19-62(7)96(124,132-70)87(120)91(122)113-31-15-14-18-73(113)92(123)130-78(59(4)42-63-21-25-74(115)79(44-63)126-9)47-75(116)58(3)41-61(6)85(119)86(127-10)83(60(5)40-56)108-129-54-81(118)112-33-28-71-69(53-112)50-102-95(106-71)110-36-34-109(35-37-110)94-100-48-68(49-101-94)90(121)99-30-39-128-38-29-80(117)111-32-27-65-43-64(20-22-67(65)52-111)51-114-89-82(88(97)103-55-104-89)84(107-114)66-23-26-76-72(45-66)105-93(98)131-76/h11-13,16-17,20,22-23,26,41,43,45,48-50,55-56,58-60,62-63,70,73-75,77-79,85-86,115-116,119,124H,14-15,18-19,21,24-25,27-40,42,44,46-47,51-54H2,1-10H3,(H2,98,105)(H,99,121)(H2,97,103,104)/b13-11?,16-12+,57-17?,61-41+,108-83+/t56-,58-,59-,60-,62-,63+,70+,73+,74-,75-,77+,78+,79-,85-,86+,96-/m1/s1. The van der Waals surface area contributed by atoms with Crippen molar-refractivity contribution in [3.05, 3.63) is 142 Å². The molecule has 9 N–H and O–H groups in total. The number of oxazole rings is 1. The number of ketones is 1. The van der Waals surface area contributed by atoms with Crippen molar-refractivity contribution in [3.63, 3.8) is 0 Å². The number of anilines is 4. The topological polar surface area (TPSA) is 462 Å². The van der Waals surface area contributed by atoms with E-state index in [1.165, 1.54) is 30.7 Å². The Morgan fingerprint density at radius 2 is 1.49 bits per heavy atom. The van der Waals surface area contributed by atoms with Gasteiger partial charge in [-0.25, -0.2) is 39.4 Å². The van der Waals surface area contributed by atoms with Crippen LogP contribution in [0.25, 0.3) is 33.4 Å². The lowest BCUT2D eigenvalue weighted by atomic mass is 9.78. The molecule has 36 heteroatoms. The molecule has 1 saturated carbocycles. The van der Waals surface area contributed by atoms with E-state index >= 15 is 0 Å². The number of ether oxygens (including phenoxy) is 6. The highest BCUT2D eigenvalue weighted by molar-refractivity contribution is 6.39. The molecule has 0 spiro atoms. The van der Waals surface area contributed by atoms with Crippen LogP contribution in [-0.4, -0.2) is 275 Å². The molecular weight excluding hydrogens is 1690 g/mol. The van der Waals surface area contributed by atoms with Crippen molar-refractivity contribution in [1.82, 2.24) is 64.7 Å². The number of nitrogens with two attached hydrogens (primary N) is 2. The van der Waals surface area contributed by atoms with Crippen molar-refractivity contribution in [2.24, 2.45) is 40.7 Å². The Kier molecular flexibility index (Phi) is 32.4. The van der Waals surface area contributed by atoms with Gasteiger partial charge >= 0.3 is 5.97 Å². The summed E-state index contributed by atoms with van der Waals surface area (Å²) in [7, 11) is 4.62. The number of aliphatic hydroxyl groups excluding tert-OH is 3. The van der Waals surface area contributed by atoms with Crippen LogP contribution in [0.4, 0.5) is 23.7 Å². The zero-order valence-electron chi connectivity index (χ0n) is 77.3. The molecule has 4 amide bonds. The molecule has 132 heavy (non-hydrogen) atoms. The Labute approximate surface area is 769 Å². The van der Waals surface area contributed by atoms with Crippen molar-refractivity contribution in [3.8, 4) is 11.3 Å². The lowest BCUT2D eigenvalue weighted by Crippen LogP contribution is -2.61. The zero-order chi connectivity index (χ0) is 93.6. The number of oxime groups is 1. The molecule has 710 valence electrons. The fourth-order valence-corrected chi connectivity index (χ4v) is 19.3. The van der Waals surface area contributed by atoms with Gasteiger partial charge in [0.1, 0.15) is 47.7 Å².